The molecule has 0 spiro atoms. The lowest BCUT2D eigenvalue weighted by Crippen LogP contribution is -2.36. The molecule has 4 heterocycles. The molecular weight excluding hydrogens is 322 g/mol. The summed E-state index contributed by atoms with van der Waals surface area (Å²) in [4.78, 5) is 10.0. The van der Waals surface area contributed by atoms with Gasteiger partial charge in [-0.2, -0.15) is 5.10 Å². The summed E-state index contributed by atoms with van der Waals surface area (Å²) in [6.45, 7) is 5.89. The van der Waals surface area contributed by atoms with Crippen LogP contribution in [0.5, 0.6) is 0 Å². The number of hydrogen-bond donors (Lipinski definition) is 0. The van der Waals surface area contributed by atoms with Gasteiger partial charge in [-0.25, -0.2) is 9.50 Å². The highest BCUT2D eigenvalue weighted by molar-refractivity contribution is 5.76. The van der Waals surface area contributed by atoms with Crippen LogP contribution in [0.15, 0.2) is 48.9 Å². The van der Waals surface area contributed by atoms with Crippen molar-refractivity contribution < 1.29 is 0 Å². The van der Waals surface area contributed by atoms with Crippen LogP contribution in [0.3, 0.4) is 0 Å². The molecule has 5 heteroatoms. The maximum absolute atomic E-state index is 4.74. The summed E-state index contributed by atoms with van der Waals surface area (Å²) in [6.07, 6.45) is 10.1. The highest BCUT2D eigenvalue weighted by Gasteiger charge is 2.28. The van der Waals surface area contributed by atoms with Crippen LogP contribution in [0.25, 0.3) is 16.8 Å². The minimum atomic E-state index is 0.753. The van der Waals surface area contributed by atoms with Gasteiger partial charge in [-0.05, 0) is 44.5 Å². The molecule has 2 aliphatic heterocycles. The lowest BCUT2D eigenvalue weighted by molar-refractivity contribution is 0.215. The Balaban J connectivity index is 1.37. The standard InChI is InChI=1S/C21H25N5/c1-2-6-18(7-3-1)20-13-23-26-15-17(12-22-21(20)26)14-24-9-5-11-25-10-4-8-19(25)16-24/h1-3,6-7,12-13,15,19H,4-5,8-11,14,16H2/t19-/m0/s1. The molecule has 2 aromatic heterocycles. The summed E-state index contributed by atoms with van der Waals surface area (Å²) in [7, 11) is 0. The van der Waals surface area contributed by atoms with Crippen molar-refractivity contribution >= 4 is 5.65 Å². The second kappa shape index (κ2) is 6.82. The number of rotatable bonds is 3. The van der Waals surface area contributed by atoms with Gasteiger partial charge in [0, 0.05) is 42.7 Å². The third kappa shape index (κ3) is 3.02. The van der Waals surface area contributed by atoms with Crippen LogP contribution in [0.1, 0.15) is 24.8 Å². The molecule has 1 aromatic carbocycles. The van der Waals surface area contributed by atoms with E-state index in [0.29, 0.717) is 0 Å². The Morgan fingerprint density at radius 2 is 1.88 bits per heavy atom. The first-order valence-electron chi connectivity index (χ1n) is 9.71. The first-order chi connectivity index (χ1) is 12.9. The normalized spacial score (nSPS) is 21.8. The fourth-order valence-electron chi connectivity index (χ4n) is 4.50. The van der Waals surface area contributed by atoms with Crippen LogP contribution < -0.4 is 0 Å². The molecule has 2 fully saturated rings. The molecule has 0 amide bonds. The summed E-state index contributed by atoms with van der Waals surface area (Å²) < 4.78 is 1.93. The summed E-state index contributed by atoms with van der Waals surface area (Å²) >= 11 is 0. The minimum Gasteiger partial charge on any atom is -0.299 e. The van der Waals surface area contributed by atoms with Gasteiger partial charge in [-0.15, -0.1) is 0 Å². The molecule has 1 atom stereocenters. The molecule has 2 saturated heterocycles. The van der Waals surface area contributed by atoms with E-state index in [1.165, 1.54) is 51.0 Å². The fourth-order valence-corrected chi connectivity index (χ4v) is 4.50. The molecule has 5 nitrogen and oxygen atoms in total. The molecule has 0 unspecified atom stereocenters. The first kappa shape index (κ1) is 16.0. The van der Waals surface area contributed by atoms with E-state index in [4.69, 9.17) is 4.98 Å². The highest BCUT2D eigenvalue weighted by atomic mass is 15.3. The number of fused-ring (bicyclic) bond motifs is 2. The Morgan fingerprint density at radius 1 is 1.00 bits per heavy atom. The van der Waals surface area contributed by atoms with Gasteiger partial charge in [-0.3, -0.25) is 9.80 Å². The van der Waals surface area contributed by atoms with Crippen molar-refractivity contribution in [3.63, 3.8) is 0 Å². The van der Waals surface area contributed by atoms with Crippen molar-refractivity contribution in [3.05, 3.63) is 54.5 Å². The Bertz CT molecular complexity index is 888. The molecule has 26 heavy (non-hydrogen) atoms. The van der Waals surface area contributed by atoms with Crippen LogP contribution >= 0.6 is 0 Å². The van der Waals surface area contributed by atoms with Crippen LogP contribution in [-0.4, -0.2) is 56.6 Å². The summed E-state index contributed by atoms with van der Waals surface area (Å²) in [5.74, 6) is 0. The van der Waals surface area contributed by atoms with E-state index in [1.807, 2.05) is 23.0 Å². The maximum Gasteiger partial charge on any atom is 0.162 e. The van der Waals surface area contributed by atoms with Crippen LogP contribution in [-0.2, 0) is 6.54 Å². The predicted octanol–water partition coefficient (Wildman–Crippen LogP) is 3.07. The topological polar surface area (TPSA) is 36.7 Å². The first-order valence-corrected chi connectivity index (χ1v) is 9.71. The van der Waals surface area contributed by atoms with Gasteiger partial charge in [0.1, 0.15) is 0 Å². The quantitative estimate of drug-likeness (QED) is 0.730. The van der Waals surface area contributed by atoms with Crippen molar-refractivity contribution in [2.75, 3.05) is 26.2 Å². The van der Waals surface area contributed by atoms with E-state index in [1.54, 1.807) is 0 Å². The second-order valence-corrected chi connectivity index (χ2v) is 7.58. The summed E-state index contributed by atoms with van der Waals surface area (Å²) in [5, 5.41) is 4.55. The zero-order chi connectivity index (χ0) is 17.3. The Kier molecular flexibility index (Phi) is 4.19. The van der Waals surface area contributed by atoms with Gasteiger partial charge in [0.15, 0.2) is 5.65 Å². The monoisotopic (exact) mass is 347 g/mol. The number of benzene rings is 1. The Labute approximate surface area is 154 Å². The van der Waals surface area contributed by atoms with Gasteiger partial charge in [-0.1, -0.05) is 30.3 Å². The molecule has 134 valence electrons. The van der Waals surface area contributed by atoms with E-state index in [-0.39, 0.29) is 0 Å². The number of hydrogen-bond acceptors (Lipinski definition) is 4. The fraction of sp³-hybridized carbons (Fsp3) is 0.429. The average molecular weight is 347 g/mol. The zero-order valence-electron chi connectivity index (χ0n) is 15.1. The number of nitrogens with zero attached hydrogens (tertiary/aromatic N) is 5. The average Bonchev–Trinajstić information content (AvgIpc) is 3.25. The zero-order valence-corrected chi connectivity index (χ0v) is 15.1. The summed E-state index contributed by atoms with van der Waals surface area (Å²) in [5.41, 5.74) is 4.43. The van der Waals surface area contributed by atoms with Crippen LogP contribution in [0, 0.1) is 0 Å². The molecule has 0 saturated carbocycles. The largest absolute Gasteiger partial charge is 0.299 e. The van der Waals surface area contributed by atoms with Crippen molar-refractivity contribution in [2.45, 2.75) is 31.8 Å². The third-order valence-electron chi connectivity index (χ3n) is 5.79. The van der Waals surface area contributed by atoms with E-state index in [0.717, 1.165) is 29.4 Å². The molecular formula is C21H25N5. The molecule has 5 rings (SSSR count). The van der Waals surface area contributed by atoms with E-state index >= 15 is 0 Å². The van der Waals surface area contributed by atoms with Gasteiger partial charge >= 0.3 is 0 Å². The van der Waals surface area contributed by atoms with Gasteiger partial charge in [0.05, 0.1) is 6.20 Å². The van der Waals surface area contributed by atoms with Crippen molar-refractivity contribution in [1.29, 1.82) is 0 Å². The van der Waals surface area contributed by atoms with E-state index in [2.05, 4.69) is 45.4 Å². The van der Waals surface area contributed by atoms with Crippen LogP contribution in [0.2, 0.25) is 0 Å². The lowest BCUT2D eigenvalue weighted by atomic mass is 10.1. The van der Waals surface area contributed by atoms with Crippen LogP contribution in [0.4, 0.5) is 0 Å². The van der Waals surface area contributed by atoms with E-state index < -0.39 is 0 Å². The third-order valence-corrected chi connectivity index (χ3v) is 5.79. The second-order valence-electron chi connectivity index (χ2n) is 7.58. The molecule has 3 aromatic rings. The SMILES string of the molecule is c1ccc(-c2cnn3cc(CN4CCCN5CCC[C@H]5C4)cnc23)cc1. The van der Waals surface area contributed by atoms with Gasteiger partial charge in [0.2, 0.25) is 0 Å². The van der Waals surface area contributed by atoms with Gasteiger partial charge < -0.3 is 0 Å². The van der Waals surface area contributed by atoms with Gasteiger partial charge in [0.25, 0.3) is 0 Å². The van der Waals surface area contributed by atoms with Crippen molar-refractivity contribution in [1.82, 2.24) is 24.4 Å². The minimum absolute atomic E-state index is 0.753. The molecule has 2 aliphatic rings. The molecule has 0 N–H and O–H groups in total. The maximum atomic E-state index is 4.74. The summed E-state index contributed by atoms with van der Waals surface area (Å²) in [6, 6.07) is 11.1. The van der Waals surface area contributed by atoms with E-state index in [9.17, 15) is 0 Å². The predicted molar refractivity (Wildman–Crippen MR) is 103 cm³/mol. The van der Waals surface area contributed by atoms with Crippen molar-refractivity contribution in [3.8, 4) is 11.1 Å². The molecule has 0 aliphatic carbocycles. The Morgan fingerprint density at radius 3 is 2.81 bits per heavy atom. The number of aromatic nitrogens is 3. The molecule has 0 bridgehead atoms. The van der Waals surface area contributed by atoms with Crippen molar-refractivity contribution in [2.24, 2.45) is 0 Å². The Hall–Kier alpha value is -2.24. The highest BCUT2D eigenvalue weighted by Crippen LogP contribution is 2.24. The molecule has 0 radical (unpaired) electrons. The smallest absolute Gasteiger partial charge is 0.162 e. The lowest BCUT2D eigenvalue weighted by Gasteiger charge is -2.25.